The zero-order chi connectivity index (χ0) is 14.4. The fraction of sp³-hybridized carbons (Fsp3) is 0.222. The van der Waals surface area contributed by atoms with Gasteiger partial charge in [-0.1, -0.05) is 0 Å². The van der Waals surface area contributed by atoms with Crippen LogP contribution < -0.4 is 0 Å². The van der Waals surface area contributed by atoms with E-state index in [1.165, 1.54) is 18.4 Å². The van der Waals surface area contributed by atoms with Gasteiger partial charge in [0, 0.05) is 21.8 Å². The smallest absolute Gasteiger partial charge is 0.273 e. The molecule has 0 saturated heterocycles. The normalized spacial score (nSPS) is 12.9. The molecule has 0 bridgehead atoms. The van der Waals surface area contributed by atoms with E-state index < -0.39 is 20.9 Å². The van der Waals surface area contributed by atoms with Crippen molar-refractivity contribution in [1.29, 1.82) is 0 Å². The highest BCUT2D eigenvalue weighted by molar-refractivity contribution is 8.15. The summed E-state index contributed by atoms with van der Waals surface area (Å²) >= 11 is 0.822. The van der Waals surface area contributed by atoms with Gasteiger partial charge in [-0.3, -0.25) is 5.10 Å². The first-order valence-corrected chi connectivity index (χ1v) is 7.96. The van der Waals surface area contributed by atoms with Gasteiger partial charge in [0.05, 0.1) is 5.69 Å². The van der Waals surface area contributed by atoms with Crippen LogP contribution in [0.5, 0.6) is 0 Å². The number of hydrogen-bond acceptors (Lipinski definition) is 4. The SMILES string of the molecule is Cc1c(-c2ccsc2S(=O)(=O)Cl)n[nH]c1C(F)(F)F. The van der Waals surface area contributed by atoms with Crippen molar-refractivity contribution in [2.75, 3.05) is 0 Å². The molecule has 2 rings (SSSR count). The third kappa shape index (κ3) is 2.63. The van der Waals surface area contributed by atoms with Gasteiger partial charge in [-0.2, -0.15) is 18.3 Å². The molecule has 19 heavy (non-hydrogen) atoms. The van der Waals surface area contributed by atoms with Gasteiger partial charge in [0.25, 0.3) is 9.05 Å². The zero-order valence-electron chi connectivity index (χ0n) is 9.25. The molecule has 0 aliphatic rings. The molecule has 0 unspecified atom stereocenters. The molecule has 4 nitrogen and oxygen atoms in total. The first-order valence-electron chi connectivity index (χ1n) is 4.77. The minimum atomic E-state index is -4.58. The van der Waals surface area contributed by atoms with E-state index in [1.54, 1.807) is 0 Å². The summed E-state index contributed by atoms with van der Waals surface area (Å²) < 4.78 is 60.3. The Bertz CT molecular complexity index is 718. The van der Waals surface area contributed by atoms with Crippen molar-refractivity contribution >= 4 is 31.1 Å². The monoisotopic (exact) mass is 330 g/mol. The van der Waals surface area contributed by atoms with Crippen LogP contribution in [0.25, 0.3) is 11.3 Å². The first-order chi connectivity index (χ1) is 8.62. The fourth-order valence-corrected chi connectivity index (χ4v) is 3.85. The van der Waals surface area contributed by atoms with Gasteiger partial charge in [0.2, 0.25) is 0 Å². The fourth-order valence-electron chi connectivity index (χ4n) is 1.60. The first kappa shape index (κ1) is 14.4. The molecule has 0 aromatic carbocycles. The molecule has 0 amide bonds. The number of aromatic nitrogens is 2. The lowest BCUT2D eigenvalue weighted by Gasteiger charge is -2.04. The van der Waals surface area contributed by atoms with E-state index in [-0.39, 0.29) is 21.0 Å². The lowest BCUT2D eigenvalue weighted by atomic mass is 10.1. The number of thiophene rings is 1. The molecule has 0 radical (unpaired) electrons. The lowest BCUT2D eigenvalue weighted by molar-refractivity contribution is -0.141. The predicted octanol–water partition coefficient (Wildman–Crippen LogP) is 3.39. The van der Waals surface area contributed by atoms with Crippen molar-refractivity contribution in [3.05, 3.63) is 22.7 Å². The highest BCUT2D eigenvalue weighted by Gasteiger charge is 2.36. The molecule has 0 atom stereocenters. The maximum atomic E-state index is 12.6. The molecular weight excluding hydrogens is 325 g/mol. The Balaban J connectivity index is 2.63. The van der Waals surface area contributed by atoms with Crippen molar-refractivity contribution < 1.29 is 21.6 Å². The van der Waals surface area contributed by atoms with Crippen LogP contribution in [0, 0.1) is 6.92 Å². The Hall–Kier alpha value is -1.06. The van der Waals surface area contributed by atoms with E-state index in [1.807, 2.05) is 5.10 Å². The van der Waals surface area contributed by atoms with Crippen LogP contribution >= 0.6 is 22.0 Å². The second-order valence-electron chi connectivity index (χ2n) is 3.63. The third-order valence-electron chi connectivity index (χ3n) is 2.40. The number of halogens is 4. The highest BCUT2D eigenvalue weighted by Crippen LogP contribution is 2.38. The van der Waals surface area contributed by atoms with E-state index in [9.17, 15) is 21.6 Å². The van der Waals surface area contributed by atoms with Gasteiger partial charge in [0.1, 0.15) is 9.90 Å². The quantitative estimate of drug-likeness (QED) is 0.858. The van der Waals surface area contributed by atoms with Gasteiger partial charge in [-0.25, -0.2) is 8.42 Å². The second kappa shape index (κ2) is 4.50. The van der Waals surface area contributed by atoms with E-state index in [4.69, 9.17) is 10.7 Å². The van der Waals surface area contributed by atoms with Gasteiger partial charge in [-0.15, -0.1) is 11.3 Å². The summed E-state index contributed by atoms with van der Waals surface area (Å²) in [5.41, 5.74) is -1.20. The Morgan fingerprint density at radius 3 is 2.53 bits per heavy atom. The van der Waals surface area contributed by atoms with Crippen molar-refractivity contribution in [2.24, 2.45) is 0 Å². The number of rotatable bonds is 2. The van der Waals surface area contributed by atoms with Crippen LogP contribution in [-0.4, -0.2) is 18.6 Å². The van der Waals surface area contributed by atoms with Crippen molar-refractivity contribution in [3.63, 3.8) is 0 Å². The van der Waals surface area contributed by atoms with Gasteiger partial charge >= 0.3 is 6.18 Å². The Morgan fingerprint density at radius 2 is 2.05 bits per heavy atom. The van der Waals surface area contributed by atoms with Crippen LogP contribution in [0.1, 0.15) is 11.3 Å². The molecule has 2 heterocycles. The van der Waals surface area contributed by atoms with Crippen LogP contribution in [0.15, 0.2) is 15.7 Å². The summed E-state index contributed by atoms with van der Waals surface area (Å²) in [5.74, 6) is 0. The number of nitrogens with one attached hydrogen (secondary N) is 1. The second-order valence-corrected chi connectivity index (χ2v) is 7.31. The zero-order valence-corrected chi connectivity index (χ0v) is 11.6. The summed E-state index contributed by atoms with van der Waals surface area (Å²) in [6, 6.07) is 1.36. The highest BCUT2D eigenvalue weighted by atomic mass is 35.7. The maximum Gasteiger partial charge on any atom is 0.433 e. The summed E-state index contributed by atoms with van der Waals surface area (Å²) in [6.07, 6.45) is -4.58. The molecule has 2 aromatic heterocycles. The Kier molecular flexibility index (Phi) is 3.40. The van der Waals surface area contributed by atoms with Gasteiger partial charge in [0.15, 0.2) is 0 Å². The average molecular weight is 331 g/mol. The molecule has 0 fully saturated rings. The minimum absolute atomic E-state index is 0.0595. The lowest BCUT2D eigenvalue weighted by Crippen LogP contribution is -2.07. The largest absolute Gasteiger partial charge is 0.433 e. The van der Waals surface area contributed by atoms with Crippen LogP contribution in [0.3, 0.4) is 0 Å². The minimum Gasteiger partial charge on any atom is -0.273 e. The average Bonchev–Trinajstić information content (AvgIpc) is 2.79. The molecule has 10 heteroatoms. The van der Waals surface area contributed by atoms with Crippen molar-refractivity contribution in [2.45, 2.75) is 17.3 Å². The predicted molar refractivity (Wildman–Crippen MR) is 64.7 cm³/mol. The molecule has 1 N–H and O–H groups in total. The van der Waals surface area contributed by atoms with Crippen LogP contribution in [-0.2, 0) is 15.2 Å². The molecule has 0 aliphatic heterocycles. The van der Waals surface area contributed by atoms with E-state index >= 15 is 0 Å². The molecule has 2 aromatic rings. The number of aromatic amines is 1. The number of hydrogen-bond donors (Lipinski definition) is 1. The van der Waals surface area contributed by atoms with Gasteiger partial charge < -0.3 is 0 Å². The van der Waals surface area contributed by atoms with Crippen LogP contribution in [0.2, 0.25) is 0 Å². The Morgan fingerprint density at radius 1 is 1.42 bits per heavy atom. The number of alkyl halides is 3. The topological polar surface area (TPSA) is 62.8 Å². The Labute approximate surface area is 114 Å². The standard InChI is InChI=1S/C9H6ClF3N2O2S2/c1-4-6(14-15-7(4)9(11,12)13)5-2-3-18-8(5)19(10,16)17/h2-3H,1H3,(H,14,15). The van der Waals surface area contributed by atoms with E-state index in [0.29, 0.717) is 0 Å². The third-order valence-corrected chi connectivity index (χ3v) is 5.45. The van der Waals surface area contributed by atoms with Gasteiger partial charge in [-0.05, 0) is 18.4 Å². The summed E-state index contributed by atoms with van der Waals surface area (Å²) in [6.45, 7) is 1.21. The van der Waals surface area contributed by atoms with Crippen LogP contribution in [0.4, 0.5) is 13.2 Å². The number of nitrogens with zero attached hydrogens (tertiary/aromatic N) is 1. The molecule has 0 spiro atoms. The molecule has 104 valence electrons. The van der Waals surface area contributed by atoms with Crippen molar-refractivity contribution in [1.82, 2.24) is 10.2 Å². The summed E-state index contributed by atoms with van der Waals surface area (Å²) in [7, 11) is 1.20. The molecule has 0 saturated carbocycles. The van der Waals surface area contributed by atoms with E-state index in [0.717, 1.165) is 11.3 Å². The molecule has 0 aliphatic carbocycles. The van der Waals surface area contributed by atoms with Crippen molar-refractivity contribution in [3.8, 4) is 11.3 Å². The summed E-state index contributed by atoms with van der Waals surface area (Å²) in [5, 5.41) is 6.83. The maximum absolute atomic E-state index is 12.6. The summed E-state index contributed by atoms with van der Waals surface area (Å²) in [4.78, 5) is 0. The molecular formula is C9H6ClF3N2O2S2. The number of H-pyrrole nitrogens is 1. The van der Waals surface area contributed by atoms with E-state index in [2.05, 4.69) is 5.10 Å².